The van der Waals surface area contributed by atoms with E-state index < -0.39 is 29.5 Å². The number of anilines is 1. The fourth-order valence-electron chi connectivity index (χ4n) is 4.56. The van der Waals surface area contributed by atoms with Crippen LogP contribution in [0.25, 0.3) is 16.8 Å². The fourth-order valence-corrected chi connectivity index (χ4v) is 5.24. The van der Waals surface area contributed by atoms with Gasteiger partial charge in [-0.05, 0) is 42.0 Å². The molecule has 0 saturated carbocycles. The minimum absolute atomic E-state index is 0.0109. The van der Waals surface area contributed by atoms with Gasteiger partial charge < -0.3 is 29.8 Å². The van der Waals surface area contributed by atoms with Gasteiger partial charge in [-0.15, -0.1) is 0 Å². The number of aromatic hydroxyl groups is 1. The molecule has 4 N–H and O–H groups in total. The summed E-state index contributed by atoms with van der Waals surface area (Å²) in [4.78, 5) is 46.7. The lowest BCUT2D eigenvalue weighted by Crippen LogP contribution is -2.30. The zero-order valence-corrected chi connectivity index (χ0v) is 22.2. The van der Waals surface area contributed by atoms with Crippen LogP contribution in [0.3, 0.4) is 0 Å². The number of carboxylic acids is 1. The summed E-state index contributed by atoms with van der Waals surface area (Å²) in [5.74, 6) is -3.99. The maximum absolute atomic E-state index is 13.5. The predicted octanol–water partition coefficient (Wildman–Crippen LogP) is 4.92. The van der Waals surface area contributed by atoms with Crippen LogP contribution in [0.15, 0.2) is 54.1 Å². The molecule has 5 rings (SSSR count). The van der Waals surface area contributed by atoms with Gasteiger partial charge in [0.05, 0.1) is 53.0 Å². The number of aromatic nitrogens is 2. The van der Waals surface area contributed by atoms with Crippen LogP contribution in [0.4, 0.5) is 5.95 Å². The molecule has 1 aromatic heterocycles. The number of fused-ring (bicyclic) bond motifs is 1. The Labute approximate surface area is 235 Å². The number of aromatic carboxylic acids is 1. The lowest BCUT2D eigenvalue weighted by molar-refractivity contribution is -0.132. The molecule has 1 atom stereocenters. The first-order valence-corrected chi connectivity index (χ1v) is 12.3. The second-order valence-corrected chi connectivity index (χ2v) is 9.43. The number of benzene rings is 3. The number of halogens is 2. The summed E-state index contributed by atoms with van der Waals surface area (Å²) in [6.07, 6.45) is 0. The lowest BCUT2D eigenvalue weighted by Gasteiger charge is -2.23. The third kappa shape index (κ3) is 4.25. The number of ketones is 1. The van der Waals surface area contributed by atoms with E-state index in [2.05, 4.69) is 9.97 Å². The van der Waals surface area contributed by atoms with Gasteiger partial charge in [0.2, 0.25) is 5.95 Å². The van der Waals surface area contributed by atoms with Gasteiger partial charge in [-0.25, -0.2) is 9.78 Å². The maximum Gasteiger partial charge on any atom is 0.335 e. The summed E-state index contributed by atoms with van der Waals surface area (Å²) in [6.45, 7) is 0. The summed E-state index contributed by atoms with van der Waals surface area (Å²) in [7, 11) is 2.64. The first-order chi connectivity index (χ1) is 19.1. The van der Waals surface area contributed by atoms with Gasteiger partial charge >= 0.3 is 11.9 Å². The Morgan fingerprint density at radius 3 is 2.30 bits per heavy atom. The van der Waals surface area contributed by atoms with E-state index in [1.54, 1.807) is 0 Å². The third-order valence-corrected chi connectivity index (χ3v) is 7.02. The van der Waals surface area contributed by atoms with E-state index in [9.17, 15) is 29.7 Å². The van der Waals surface area contributed by atoms with Gasteiger partial charge in [0.1, 0.15) is 16.5 Å². The average Bonchev–Trinajstić information content (AvgIpc) is 3.46. The number of aliphatic hydroxyl groups excluding tert-OH is 1. The SMILES string of the molecule is COc1c(Cl)cc(/C(O)=C2\C(=O)C(=O)N(c3nc4ccc(C(=O)O)cc4[nH]3)C2c2ccc(O)cc2)c(OC)c1Cl. The van der Waals surface area contributed by atoms with Crippen molar-refractivity contribution in [1.82, 2.24) is 9.97 Å². The number of carbonyl (C=O) groups is 3. The molecule has 1 aliphatic rings. The number of phenolic OH excluding ortho intramolecular Hbond substituents is 1. The molecule has 13 heteroatoms. The fraction of sp³-hybridized carbons (Fsp3) is 0.111. The number of nitrogens with one attached hydrogen (secondary N) is 1. The highest BCUT2D eigenvalue weighted by molar-refractivity contribution is 6.51. The molecule has 0 spiro atoms. The van der Waals surface area contributed by atoms with E-state index in [0.717, 1.165) is 4.90 Å². The van der Waals surface area contributed by atoms with E-state index in [1.165, 1.54) is 62.8 Å². The Hall–Kier alpha value is -4.74. The summed E-state index contributed by atoms with van der Waals surface area (Å²) in [5.41, 5.74) is 0.558. The van der Waals surface area contributed by atoms with Crippen LogP contribution < -0.4 is 14.4 Å². The number of ether oxygens (including phenoxy) is 2. The monoisotopic (exact) mass is 583 g/mol. The topological polar surface area (TPSA) is 162 Å². The van der Waals surface area contributed by atoms with Crippen molar-refractivity contribution in [3.05, 3.63) is 80.8 Å². The molecule has 40 heavy (non-hydrogen) atoms. The Bertz CT molecular complexity index is 1750. The average molecular weight is 584 g/mol. The molecular formula is C27H19Cl2N3O8. The Balaban J connectivity index is 1.76. The lowest BCUT2D eigenvalue weighted by atomic mass is 9.95. The van der Waals surface area contributed by atoms with Gasteiger partial charge in [0.25, 0.3) is 5.78 Å². The number of H-pyrrole nitrogens is 1. The molecule has 2 heterocycles. The molecule has 1 saturated heterocycles. The zero-order valence-electron chi connectivity index (χ0n) is 20.7. The highest BCUT2D eigenvalue weighted by atomic mass is 35.5. The molecule has 0 bridgehead atoms. The van der Waals surface area contributed by atoms with E-state index in [-0.39, 0.29) is 49.9 Å². The number of aromatic amines is 1. The smallest absolute Gasteiger partial charge is 0.335 e. The minimum Gasteiger partial charge on any atom is -0.508 e. The number of amides is 1. The van der Waals surface area contributed by atoms with Crippen molar-refractivity contribution in [2.24, 2.45) is 0 Å². The van der Waals surface area contributed by atoms with Crippen LogP contribution in [-0.4, -0.2) is 57.2 Å². The molecule has 1 aliphatic heterocycles. The predicted molar refractivity (Wildman–Crippen MR) is 146 cm³/mol. The first kappa shape index (κ1) is 26.9. The largest absolute Gasteiger partial charge is 0.508 e. The van der Waals surface area contributed by atoms with E-state index in [4.69, 9.17) is 32.7 Å². The number of methoxy groups -OCH3 is 2. The van der Waals surface area contributed by atoms with Crippen LogP contribution in [0.1, 0.15) is 27.5 Å². The Morgan fingerprint density at radius 1 is 1.00 bits per heavy atom. The quantitative estimate of drug-likeness (QED) is 0.140. The van der Waals surface area contributed by atoms with Crippen LogP contribution in [0.5, 0.6) is 17.2 Å². The number of phenols is 1. The molecule has 3 aromatic carbocycles. The van der Waals surface area contributed by atoms with Crippen molar-refractivity contribution >= 4 is 63.6 Å². The second-order valence-electron chi connectivity index (χ2n) is 8.64. The van der Waals surface area contributed by atoms with Crippen molar-refractivity contribution in [3.63, 3.8) is 0 Å². The number of hydrogen-bond donors (Lipinski definition) is 4. The standard InChI is InChI=1S/C27H19Cl2N3O8/c1-39-23-14(10-15(28)24(40-2)19(23)29)21(34)18-20(11-3-6-13(33)7-4-11)32(25(36)22(18)35)27-30-16-8-5-12(26(37)38)9-17(16)31-27/h3-10,20,33-34H,1-2H3,(H,30,31)(H,37,38)/b21-18+. The van der Waals surface area contributed by atoms with Crippen molar-refractivity contribution in [2.75, 3.05) is 19.1 Å². The molecule has 1 unspecified atom stereocenters. The number of aliphatic hydroxyl groups is 1. The number of carboxylic acid groups (broad SMARTS) is 1. The van der Waals surface area contributed by atoms with Crippen LogP contribution in [0, 0.1) is 0 Å². The molecule has 11 nitrogen and oxygen atoms in total. The molecule has 4 aromatic rings. The second kappa shape index (κ2) is 10.1. The number of rotatable bonds is 6. The molecular weight excluding hydrogens is 565 g/mol. The minimum atomic E-state index is -1.23. The summed E-state index contributed by atoms with van der Waals surface area (Å²) < 4.78 is 10.6. The summed E-state index contributed by atoms with van der Waals surface area (Å²) >= 11 is 12.7. The van der Waals surface area contributed by atoms with Crippen LogP contribution in [-0.2, 0) is 9.59 Å². The normalized spacial score (nSPS) is 16.5. The first-order valence-electron chi connectivity index (χ1n) is 11.5. The van der Waals surface area contributed by atoms with Gasteiger partial charge in [-0.2, -0.15) is 0 Å². The number of imidazole rings is 1. The highest BCUT2D eigenvalue weighted by Crippen LogP contribution is 2.48. The molecule has 1 amide bonds. The number of nitrogens with zero attached hydrogens (tertiary/aromatic N) is 2. The van der Waals surface area contributed by atoms with Gasteiger partial charge in [0, 0.05) is 0 Å². The number of Topliss-reactive ketones (excluding diaryl/α,β-unsaturated/α-hetero) is 1. The van der Waals surface area contributed by atoms with Crippen LogP contribution >= 0.6 is 23.2 Å². The maximum atomic E-state index is 13.5. The third-order valence-electron chi connectivity index (χ3n) is 6.39. The summed E-state index contributed by atoms with van der Waals surface area (Å²) in [5, 5.41) is 30.6. The van der Waals surface area contributed by atoms with Crippen molar-refractivity contribution in [3.8, 4) is 17.2 Å². The zero-order chi connectivity index (χ0) is 28.9. The molecule has 0 radical (unpaired) electrons. The Morgan fingerprint density at radius 2 is 1.68 bits per heavy atom. The van der Waals surface area contributed by atoms with Gasteiger partial charge in [0.15, 0.2) is 11.5 Å². The van der Waals surface area contributed by atoms with Gasteiger partial charge in [-0.3, -0.25) is 14.5 Å². The van der Waals surface area contributed by atoms with Crippen molar-refractivity contribution < 1.29 is 39.2 Å². The molecule has 1 fully saturated rings. The van der Waals surface area contributed by atoms with Crippen LogP contribution in [0.2, 0.25) is 10.0 Å². The van der Waals surface area contributed by atoms with E-state index in [1.807, 2.05) is 0 Å². The summed E-state index contributed by atoms with van der Waals surface area (Å²) in [6, 6.07) is 9.86. The van der Waals surface area contributed by atoms with Gasteiger partial charge in [-0.1, -0.05) is 35.3 Å². The van der Waals surface area contributed by atoms with E-state index in [0.29, 0.717) is 16.6 Å². The molecule has 0 aliphatic carbocycles. The Kier molecular flexibility index (Phi) is 6.78. The van der Waals surface area contributed by atoms with E-state index >= 15 is 0 Å². The number of hydrogen-bond acceptors (Lipinski definition) is 8. The van der Waals surface area contributed by atoms with Crippen molar-refractivity contribution in [2.45, 2.75) is 6.04 Å². The molecule has 204 valence electrons. The van der Waals surface area contributed by atoms with Crippen molar-refractivity contribution in [1.29, 1.82) is 0 Å². The highest BCUT2D eigenvalue weighted by Gasteiger charge is 2.48. The number of carbonyl (C=O) groups excluding carboxylic acids is 2.